The maximum absolute atomic E-state index is 15.0. The number of aromatic nitrogens is 2. The lowest BCUT2D eigenvalue weighted by atomic mass is 9.89. The van der Waals surface area contributed by atoms with Gasteiger partial charge in [0, 0.05) is 28.2 Å². The van der Waals surface area contributed by atoms with Gasteiger partial charge in [0.25, 0.3) is 0 Å². The number of nitrogens with zero attached hydrogens (tertiary/aromatic N) is 2. The Morgan fingerprint density at radius 1 is 1.12 bits per heavy atom. The minimum atomic E-state index is -0.808. The topological polar surface area (TPSA) is 75.1 Å². The molecule has 2 aliphatic rings. The number of carboxylic acid groups (broad SMARTS) is 1. The van der Waals surface area contributed by atoms with Gasteiger partial charge < -0.3 is 10.4 Å². The normalized spacial score (nSPS) is 20.4. The van der Waals surface area contributed by atoms with Crippen molar-refractivity contribution in [1.29, 1.82) is 0 Å². The van der Waals surface area contributed by atoms with E-state index in [-0.39, 0.29) is 23.7 Å². The van der Waals surface area contributed by atoms with E-state index >= 15 is 0 Å². The van der Waals surface area contributed by atoms with Gasteiger partial charge >= 0.3 is 5.97 Å². The van der Waals surface area contributed by atoms with Crippen LogP contribution < -0.4 is 5.32 Å². The van der Waals surface area contributed by atoms with Crippen LogP contribution in [-0.4, -0.2) is 21.0 Å². The summed E-state index contributed by atoms with van der Waals surface area (Å²) in [5, 5.41) is 12.4. The van der Waals surface area contributed by atoms with E-state index in [0.717, 1.165) is 16.7 Å². The lowest BCUT2D eigenvalue weighted by Gasteiger charge is -2.17. The molecule has 5 nitrogen and oxygen atoms in total. The first-order valence-electron chi connectivity index (χ1n) is 10.7. The molecule has 162 valence electrons. The Bertz CT molecular complexity index is 1320. The van der Waals surface area contributed by atoms with Gasteiger partial charge in [0.05, 0.1) is 30.0 Å². The first kappa shape index (κ1) is 20.7. The second-order valence-corrected chi connectivity index (χ2v) is 8.35. The van der Waals surface area contributed by atoms with Crippen molar-refractivity contribution in [2.45, 2.75) is 31.2 Å². The van der Waals surface area contributed by atoms with Gasteiger partial charge in [0.1, 0.15) is 11.6 Å². The molecule has 0 spiro atoms. The first-order valence-corrected chi connectivity index (χ1v) is 10.7. The number of anilines is 1. The van der Waals surface area contributed by atoms with Gasteiger partial charge in [0.15, 0.2) is 0 Å². The van der Waals surface area contributed by atoms with Crippen molar-refractivity contribution < 1.29 is 14.3 Å². The van der Waals surface area contributed by atoms with Crippen molar-refractivity contribution in [2.75, 3.05) is 5.32 Å². The number of hydrogen-bond acceptors (Lipinski definition) is 4. The van der Waals surface area contributed by atoms with E-state index in [1.165, 1.54) is 6.07 Å². The van der Waals surface area contributed by atoms with Crippen molar-refractivity contribution in [3.05, 3.63) is 76.5 Å². The van der Waals surface area contributed by atoms with Crippen LogP contribution in [0.3, 0.4) is 0 Å². The van der Waals surface area contributed by atoms with Gasteiger partial charge in [0.2, 0.25) is 0 Å². The van der Waals surface area contributed by atoms with Gasteiger partial charge in [-0.3, -0.25) is 9.78 Å². The second kappa shape index (κ2) is 8.07. The van der Waals surface area contributed by atoms with E-state index in [0.29, 0.717) is 47.5 Å². The summed E-state index contributed by atoms with van der Waals surface area (Å²) >= 11 is 0. The smallest absolute Gasteiger partial charge is 0.307 e. The molecule has 0 radical (unpaired) electrons. The Morgan fingerprint density at radius 3 is 2.48 bits per heavy atom. The summed E-state index contributed by atoms with van der Waals surface area (Å²) in [6, 6.07) is 8.42. The largest absolute Gasteiger partial charge is 0.481 e. The molecule has 1 fully saturated rings. The monoisotopic (exact) mass is 437 g/mol. The van der Waals surface area contributed by atoms with E-state index < -0.39 is 5.97 Å². The highest BCUT2D eigenvalue weighted by Gasteiger charge is 2.45. The van der Waals surface area contributed by atoms with Crippen LogP contribution in [0.1, 0.15) is 52.7 Å². The fraction of sp³-hybridized carbons (Fsp3) is 0.222. The molecule has 0 saturated heterocycles. The number of hydrogen-bond donors (Lipinski definition) is 2. The predicted molar refractivity (Wildman–Crippen MR) is 123 cm³/mol. The van der Waals surface area contributed by atoms with Gasteiger partial charge in [-0.05, 0) is 48.6 Å². The SMILES string of the molecule is C#Cc1cccc(C#C)c1-c1ccc(F)c2c1CC[C@H]2Nc1cnc([C@H]2C[C@@H]2C(=O)O)cn1. The average molecular weight is 437 g/mol. The van der Waals surface area contributed by atoms with Crippen molar-refractivity contribution in [3.63, 3.8) is 0 Å². The van der Waals surface area contributed by atoms with E-state index in [9.17, 15) is 9.18 Å². The van der Waals surface area contributed by atoms with Crippen molar-refractivity contribution in [1.82, 2.24) is 9.97 Å². The molecule has 1 heterocycles. The third-order valence-electron chi connectivity index (χ3n) is 6.46. The van der Waals surface area contributed by atoms with Gasteiger partial charge in [-0.2, -0.15) is 0 Å². The maximum Gasteiger partial charge on any atom is 0.307 e. The Balaban J connectivity index is 1.45. The first-order chi connectivity index (χ1) is 16.0. The molecule has 0 aliphatic heterocycles. The Kier molecular flexibility index (Phi) is 5.07. The van der Waals surface area contributed by atoms with Crippen LogP contribution >= 0.6 is 0 Å². The molecule has 33 heavy (non-hydrogen) atoms. The summed E-state index contributed by atoms with van der Waals surface area (Å²) in [5.41, 5.74) is 5.13. The summed E-state index contributed by atoms with van der Waals surface area (Å²) in [5.74, 6) is 4.33. The number of aliphatic carboxylic acids is 1. The summed E-state index contributed by atoms with van der Waals surface area (Å²) in [4.78, 5) is 19.9. The highest BCUT2D eigenvalue weighted by molar-refractivity contribution is 5.81. The molecule has 2 aliphatic carbocycles. The van der Waals surface area contributed by atoms with Crippen LogP contribution in [0.2, 0.25) is 0 Å². The lowest BCUT2D eigenvalue weighted by Crippen LogP contribution is -2.11. The van der Waals surface area contributed by atoms with Crippen molar-refractivity contribution in [2.24, 2.45) is 5.92 Å². The maximum atomic E-state index is 15.0. The third-order valence-corrected chi connectivity index (χ3v) is 6.46. The zero-order chi connectivity index (χ0) is 23.1. The highest BCUT2D eigenvalue weighted by Crippen LogP contribution is 2.47. The van der Waals surface area contributed by atoms with Gasteiger partial charge in [-0.1, -0.05) is 24.0 Å². The second-order valence-electron chi connectivity index (χ2n) is 8.35. The fourth-order valence-corrected chi connectivity index (χ4v) is 4.75. The van der Waals surface area contributed by atoms with Crippen LogP contribution in [0.15, 0.2) is 42.7 Å². The zero-order valence-electron chi connectivity index (χ0n) is 17.7. The third kappa shape index (κ3) is 3.60. The summed E-state index contributed by atoms with van der Waals surface area (Å²) in [7, 11) is 0. The molecule has 0 bridgehead atoms. The van der Waals surface area contributed by atoms with Gasteiger partial charge in [-0.25, -0.2) is 9.37 Å². The molecule has 3 atom stereocenters. The van der Waals surface area contributed by atoms with E-state index in [1.54, 1.807) is 18.5 Å². The minimum Gasteiger partial charge on any atom is -0.481 e. The number of rotatable bonds is 5. The molecule has 3 aromatic rings. The Morgan fingerprint density at radius 2 is 1.88 bits per heavy atom. The van der Waals surface area contributed by atoms with E-state index in [2.05, 4.69) is 27.1 Å². The Hall–Kier alpha value is -4.16. The molecule has 2 aromatic carbocycles. The number of halogens is 1. The van der Waals surface area contributed by atoms with Crippen LogP contribution in [0, 0.1) is 36.4 Å². The standard InChI is InChI=1S/C27H20FN3O2/c1-3-15-6-5-7-16(4-2)25(15)17-8-10-21(28)26-18(17)9-11-22(26)31-24-14-29-23(13-30-24)19-12-20(19)27(32)33/h1-2,5-8,10,13-14,19-20,22H,9,11-12H2,(H,30,31)(H,32,33)/t19-,20-,22+/m0/s1. The number of carboxylic acids is 1. The lowest BCUT2D eigenvalue weighted by molar-refractivity contribution is -0.138. The van der Waals surface area contributed by atoms with Crippen LogP contribution in [0.4, 0.5) is 10.2 Å². The number of nitrogens with one attached hydrogen (secondary N) is 1. The molecule has 2 N–H and O–H groups in total. The molecule has 1 aromatic heterocycles. The number of fused-ring (bicyclic) bond motifs is 1. The minimum absolute atomic E-state index is 0.0853. The van der Waals surface area contributed by atoms with Crippen molar-refractivity contribution >= 4 is 11.8 Å². The molecule has 6 heteroatoms. The molecular formula is C27H20FN3O2. The van der Waals surface area contributed by atoms with Crippen molar-refractivity contribution in [3.8, 4) is 35.8 Å². The van der Waals surface area contributed by atoms with Gasteiger partial charge in [-0.15, -0.1) is 12.8 Å². The highest BCUT2D eigenvalue weighted by atomic mass is 19.1. The molecular weight excluding hydrogens is 417 g/mol. The molecule has 1 saturated carbocycles. The van der Waals surface area contributed by atoms with Crippen LogP contribution in [-0.2, 0) is 11.2 Å². The van der Waals surface area contributed by atoms with Crippen LogP contribution in [0.25, 0.3) is 11.1 Å². The van der Waals surface area contributed by atoms with Crippen LogP contribution in [0.5, 0.6) is 0 Å². The summed E-state index contributed by atoms with van der Waals surface area (Å²) in [6.45, 7) is 0. The number of benzene rings is 2. The predicted octanol–water partition coefficient (Wildman–Crippen LogP) is 4.53. The quantitative estimate of drug-likeness (QED) is 0.574. The molecule has 0 amide bonds. The fourth-order valence-electron chi connectivity index (χ4n) is 4.75. The number of carbonyl (C=O) groups is 1. The number of terminal acetylenes is 2. The molecule has 0 unspecified atom stereocenters. The van der Waals surface area contributed by atoms with E-state index in [1.807, 2.05) is 18.2 Å². The summed E-state index contributed by atoms with van der Waals surface area (Å²) in [6.07, 6.45) is 16.6. The molecule has 5 rings (SSSR count). The average Bonchev–Trinajstić information content (AvgIpc) is 3.53. The summed E-state index contributed by atoms with van der Waals surface area (Å²) < 4.78 is 15.0. The van der Waals surface area contributed by atoms with E-state index in [4.69, 9.17) is 18.0 Å². The zero-order valence-corrected chi connectivity index (χ0v) is 17.7. The Labute approximate surface area is 191 Å².